The van der Waals surface area contributed by atoms with Crippen molar-refractivity contribution in [3.8, 4) is 11.4 Å². The fourth-order valence-electron chi connectivity index (χ4n) is 4.81. The van der Waals surface area contributed by atoms with Crippen molar-refractivity contribution in [1.29, 1.82) is 0 Å². The molecule has 0 spiro atoms. The van der Waals surface area contributed by atoms with Crippen LogP contribution in [0.3, 0.4) is 0 Å². The first-order valence-corrected chi connectivity index (χ1v) is 11.3. The Hall–Kier alpha value is -3.44. The molecule has 5 rings (SSSR count). The summed E-state index contributed by atoms with van der Waals surface area (Å²) in [5, 5.41) is 15.3. The van der Waals surface area contributed by atoms with Gasteiger partial charge in [-0.3, -0.25) is 4.90 Å². The van der Waals surface area contributed by atoms with Gasteiger partial charge in [-0.2, -0.15) is 5.10 Å². The molecule has 1 aromatic heterocycles. The third kappa shape index (κ3) is 4.04. The molecular weight excluding hydrogens is 396 g/mol. The number of hydrogen-bond donors (Lipinski definition) is 1. The lowest BCUT2D eigenvalue weighted by molar-refractivity contribution is 0.169. The van der Waals surface area contributed by atoms with Crippen LogP contribution in [0.2, 0.25) is 0 Å². The molecule has 0 aliphatic carbocycles. The Balaban J connectivity index is 1.41. The van der Waals surface area contributed by atoms with E-state index in [-0.39, 0.29) is 6.04 Å². The first kappa shape index (κ1) is 20.5. The summed E-state index contributed by atoms with van der Waals surface area (Å²) in [4.78, 5) is 7.29. The second-order valence-corrected chi connectivity index (χ2v) is 8.45. The van der Waals surface area contributed by atoms with Gasteiger partial charge in [-0.25, -0.2) is 9.67 Å². The molecule has 32 heavy (non-hydrogen) atoms. The lowest BCUT2D eigenvalue weighted by Gasteiger charge is -2.38. The summed E-state index contributed by atoms with van der Waals surface area (Å²) < 4.78 is 2.01. The fourth-order valence-corrected chi connectivity index (χ4v) is 4.81. The van der Waals surface area contributed by atoms with Gasteiger partial charge >= 0.3 is 0 Å². The van der Waals surface area contributed by atoms with Crippen LogP contribution in [0.1, 0.15) is 47.6 Å². The lowest BCUT2D eigenvalue weighted by Crippen LogP contribution is -2.37. The number of rotatable bonds is 5. The standard InChI is InChI=1S/C27H28N4O/c1-20-28-27(31(29-20)23-12-6-3-7-13-23)22-16-18-30(19-17-22)26(21-10-4-2-5-11-21)24-14-8-9-15-25(24)32/h2-15,22,26,32H,16-19H2,1H3. The summed E-state index contributed by atoms with van der Waals surface area (Å²) in [6.07, 6.45) is 2.00. The van der Waals surface area contributed by atoms with Crippen LogP contribution < -0.4 is 0 Å². The summed E-state index contributed by atoms with van der Waals surface area (Å²) in [6.45, 7) is 3.82. The van der Waals surface area contributed by atoms with Crippen LogP contribution in [-0.2, 0) is 0 Å². The second-order valence-electron chi connectivity index (χ2n) is 8.45. The fraction of sp³-hybridized carbons (Fsp3) is 0.259. The number of benzene rings is 3. The minimum Gasteiger partial charge on any atom is -0.508 e. The van der Waals surface area contributed by atoms with Crippen molar-refractivity contribution in [2.24, 2.45) is 0 Å². The van der Waals surface area contributed by atoms with E-state index in [1.54, 1.807) is 6.07 Å². The van der Waals surface area contributed by atoms with Gasteiger partial charge in [0, 0.05) is 11.5 Å². The summed E-state index contributed by atoms with van der Waals surface area (Å²) in [5.74, 6) is 2.56. The molecule has 0 radical (unpaired) electrons. The molecule has 1 N–H and O–H groups in total. The summed E-state index contributed by atoms with van der Waals surface area (Å²) in [6, 6.07) is 28.5. The summed E-state index contributed by atoms with van der Waals surface area (Å²) in [5.41, 5.74) is 3.22. The number of piperidine rings is 1. The van der Waals surface area contributed by atoms with Crippen LogP contribution in [-0.4, -0.2) is 37.9 Å². The Morgan fingerprint density at radius 2 is 1.47 bits per heavy atom. The molecule has 5 heteroatoms. The highest BCUT2D eigenvalue weighted by Gasteiger charge is 2.31. The minimum absolute atomic E-state index is 0.0343. The Labute approximate surface area is 189 Å². The van der Waals surface area contributed by atoms with Gasteiger partial charge in [-0.1, -0.05) is 66.7 Å². The smallest absolute Gasteiger partial charge is 0.148 e. The first-order chi connectivity index (χ1) is 15.7. The van der Waals surface area contributed by atoms with Crippen molar-refractivity contribution in [3.63, 3.8) is 0 Å². The third-order valence-corrected chi connectivity index (χ3v) is 6.35. The van der Waals surface area contributed by atoms with Crippen LogP contribution in [0.5, 0.6) is 5.75 Å². The van der Waals surface area contributed by atoms with E-state index >= 15 is 0 Å². The zero-order chi connectivity index (χ0) is 21.9. The Kier molecular flexibility index (Phi) is 5.73. The topological polar surface area (TPSA) is 54.2 Å². The van der Waals surface area contributed by atoms with Crippen molar-refractivity contribution in [1.82, 2.24) is 19.7 Å². The van der Waals surface area contributed by atoms with Crippen molar-refractivity contribution in [2.45, 2.75) is 31.7 Å². The Morgan fingerprint density at radius 3 is 2.16 bits per heavy atom. The molecule has 1 atom stereocenters. The summed E-state index contributed by atoms with van der Waals surface area (Å²) >= 11 is 0. The number of likely N-dealkylation sites (tertiary alicyclic amines) is 1. The van der Waals surface area contributed by atoms with E-state index in [9.17, 15) is 5.11 Å². The average molecular weight is 425 g/mol. The molecule has 1 saturated heterocycles. The van der Waals surface area contributed by atoms with Gasteiger partial charge in [-0.05, 0) is 56.6 Å². The maximum Gasteiger partial charge on any atom is 0.148 e. The van der Waals surface area contributed by atoms with E-state index in [0.717, 1.165) is 48.8 Å². The number of phenolic OH excluding ortho intramolecular Hbond substituents is 1. The van der Waals surface area contributed by atoms with Gasteiger partial charge in [0.15, 0.2) is 0 Å². The van der Waals surface area contributed by atoms with Crippen molar-refractivity contribution in [2.75, 3.05) is 13.1 Å². The third-order valence-electron chi connectivity index (χ3n) is 6.35. The normalized spacial score (nSPS) is 16.2. The van der Waals surface area contributed by atoms with Crippen LogP contribution in [0.4, 0.5) is 0 Å². The number of aromatic nitrogens is 3. The molecule has 2 heterocycles. The monoisotopic (exact) mass is 424 g/mol. The van der Waals surface area contributed by atoms with Gasteiger partial charge in [0.1, 0.15) is 17.4 Å². The van der Waals surface area contributed by atoms with Gasteiger partial charge in [0.2, 0.25) is 0 Å². The van der Waals surface area contributed by atoms with E-state index in [2.05, 4.69) is 46.4 Å². The molecule has 1 fully saturated rings. The number of phenols is 1. The number of aromatic hydroxyl groups is 1. The zero-order valence-corrected chi connectivity index (χ0v) is 18.3. The molecule has 1 aliphatic rings. The predicted octanol–water partition coefficient (Wildman–Crippen LogP) is 5.25. The SMILES string of the molecule is Cc1nc(C2CCN(C(c3ccccc3)c3ccccc3O)CC2)n(-c2ccccc2)n1. The highest BCUT2D eigenvalue weighted by molar-refractivity contribution is 5.41. The Morgan fingerprint density at radius 1 is 0.844 bits per heavy atom. The molecule has 0 saturated carbocycles. The van der Waals surface area contributed by atoms with Crippen LogP contribution in [0, 0.1) is 6.92 Å². The second kappa shape index (κ2) is 8.97. The predicted molar refractivity (Wildman–Crippen MR) is 126 cm³/mol. The lowest BCUT2D eigenvalue weighted by atomic mass is 9.90. The van der Waals surface area contributed by atoms with Crippen molar-refractivity contribution in [3.05, 3.63) is 108 Å². The van der Waals surface area contributed by atoms with E-state index in [4.69, 9.17) is 4.98 Å². The number of aryl methyl sites for hydroxylation is 1. The largest absolute Gasteiger partial charge is 0.508 e. The number of para-hydroxylation sites is 2. The van der Waals surface area contributed by atoms with E-state index in [1.807, 2.05) is 54.1 Å². The molecule has 5 nitrogen and oxygen atoms in total. The van der Waals surface area contributed by atoms with Crippen LogP contribution >= 0.6 is 0 Å². The molecule has 1 aliphatic heterocycles. The van der Waals surface area contributed by atoms with Gasteiger partial charge in [0.05, 0.1) is 11.7 Å². The highest BCUT2D eigenvalue weighted by atomic mass is 16.3. The maximum absolute atomic E-state index is 10.6. The van der Waals surface area contributed by atoms with Crippen molar-refractivity contribution >= 4 is 0 Å². The molecule has 1 unspecified atom stereocenters. The van der Waals surface area contributed by atoms with E-state index < -0.39 is 0 Å². The average Bonchev–Trinajstić information content (AvgIpc) is 3.24. The first-order valence-electron chi connectivity index (χ1n) is 11.3. The van der Waals surface area contributed by atoms with E-state index in [0.29, 0.717) is 11.7 Å². The Bertz CT molecular complexity index is 1160. The van der Waals surface area contributed by atoms with Gasteiger partial charge in [0.25, 0.3) is 0 Å². The van der Waals surface area contributed by atoms with Gasteiger partial charge < -0.3 is 5.11 Å². The van der Waals surface area contributed by atoms with Crippen LogP contribution in [0.15, 0.2) is 84.9 Å². The highest BCUT2D eigenvalue weighted by Crippen LogP contribution is 2.38. The minimum atomic E-state index is 0.0343. The number of nitrogens with zero attached hydrogens (tertiary/aromatic N) is 4. The van der Waals surface area contributed by atoms with Crippen LogP contribution in [0.25, 0.3) is 5.69 Å². The molecule has 4 aromatic rings. The molecule has 0 amide bonds. The molecular formula is C27H28N4O. The van der Waals surface area contributed by atoms with Gasteiger partial charge in [-0.15, -0.1) is 0 Å². The maximum atomic E-state index is 10.6. The molecule has 0 bridgehead atoms. The summed E-state index contributed by atoms with van der Waals surface area (Å²) in [7, 11) is 0. The quantitative estimate of drug-likeness (QED) is 0.475. The number of hydrogen-bond acceptors (Lipinski definition) is 4. The van der Waals surface area contributed by atoms with E-state index in [1.165, 1.54) is 5.56 Å². The van der Waals surface area contributed by atoms with Crippen molar-refractivity contribution < 1.29 is 5.11 Å². The molecule has 162 valence electrons. The zero-order valence-electron chi connectivity index (χ0n) is 18.3. The molecule has 3 aromatic carbocycles.